The molecule has 2 rings (SSSR count). The maximum atomic E-state index is 11.4. The van der Waals surface area contributed by atoms with Crippen molar-refractivity contribution in [2.45, 2.75) is 57.5 Å². The van der Waals surface area contributed by atoms with E-state index in [9.17, 15) is 4.79 Å². The number of esters is 1. The quantitative estimate of drug-likeness (QED) is 0.755. The van der Waals surface area contributed by atoms with E-state index >= 15 is 0 Å². The van der Waals surface area contributed by atoms with Crippen molar-refractivity contribution in [3.8, 4) is 0 Å². The molecule has 0 atom stereocenters. The lowest BCUT2D eigenvalue weighted by Crippen LogP contribution is -2.31. The third-order valence-corrected chi connectivity index (χ3v) is 4.96. The molecule has 5 heteroatoms. The van der Waals surface area contributed by atoms with Crippen molar-refractivity contribution in [2.75, 3.05) is 13.7 Å². The Bertz CT molecular complexity index is 438. The third kappa shape index (κ3) is 3.58. The van der Waals surface area contributed by atoms with E-state index in [1.54, 1.807) is 18.4 Å². The molecular weight excluding hydrogens is 274 g/mol. The van der Waals surface area contributed by atoms with Crippen molar-refractivity contribution < 1.29 is 14.3 Å². The zero-order chi connectivity index (χ0) is 14.4. The number of hydrogen-bond acceptors (Lipinski definition) is 5. The average molecular weight is 297 g/mol. The zero-order valence-corrected chi connectivity index (χ0v) is 13.1. The maximum Gasteiger partial charge on any atom is 0.306 e. The molecule has 0 bridgehead atoms. The van der Waals surface area contributed by atoms with Crippen LogP contribution in [-0.4, -0.2) is 24.7 Å². The molecule has 1 aromatic rings. The van der Waals surface area contributed by atoms with Crippen LogP contribution in [0.15, 0.2) is 5.38 Å². The Labute approximate surface area is 124 Å². The molecule has 112 valence electrons. The van der Waals surface area contributed by atoms with Gasteiger partial charge in [0.25, 0.3) is 0 Å². The first-order valence-electron chi connectivity index (χ1n) is 7.36. The van der Waals surface area contributed by atoms with Gasteiger partial charge in [0.1, 0.15) is 10.6 Å². The molecule has 1 saturated carbocycles. The SMILES string of the molecule is CCOC(=O)CCc1csc(C2(OC)CCCCC2)n1. The first kappa shape index (κ1) is 15.4. The van der Waals surface area contributed by atoms with Crippen molar-refractivity contribution in [1.82, 2.24) is 4.98 Å². The zero-order valence-electron chi connectivity index (χ0n) is 12.3. The van der Waals surface area contributed by atoms with Gasteiger partial charge in [-0.2, -0.15) is 0 Å². The van der Waals surface area contributed by atoms with Crippen LogP contribution in [0, 0.1) is 0 Å². The van der Waals surface area contributed by atoms with E-state index < -0.39 is 0 Å². The Morgan fingerprint density at radius 2 is 2.15 bits per heavy atom. The number of carbonyl (C=O) groups is 1. The fourth-order valence-electron chi connectivity index (χ4n) is 2.72. The summed E-state index contributed by atoms with van der Waals surface area (Å²) in [5.41, 5.74) is 0.783. The molecule has 0 unspecified atom stereocenters. The Balaban J connectivity index is 1.98. The summed E-state index contributed by atoms with van der Waals surface area (Å²) >= 11 is 1.66. The van der Waals surface area contributed by atoms with E-state index in [0.717, 1.165) is 23.5 Å². The number of rotatable bonds is 6. The minimum atomic E-state index is -0.189. The van der Waals surface area contributed by atoms with Gasteiger partial charge in [0, 0.05) is 18.9 Å². The van der Waals surface area contributed by atoms with Crippen LogP contribution in [0.2, 0.25) is 0 Å². The van der Waals surface area contributed by atoms with Gasteiger partial charge in [-0.05, 0) is 19.8 Å². The molecule has 0 radical (unpaired) electrons. The molecule has 0 aliphatic heterocycles. The molecule has 0 saturated heterocycles. The second-order valence-corrected chi connectivity index (χ2v) is 6.07. The predicted octanol–water partition coefficient (Wildman–Crippen LogP) is 3.44. The highest BCUT2D eigenvalue weighted by atomic mass is 32.1. The summed E-state index contributed by atoms with van der Waals surface area (Å²) in [7, 11) is 1.78. The highest BCUT2D eigenvalue weighted by Gasteiger charge is 2.36. The van der Waals surface area contributed by atoms with Crippen LogP contribution < -0.4 is 0 Å². The molecule has 1 heterocycles. The summed E-state index contributed by atoms with van der Waals surface area (Å²) in [5.74, 6) is -0.152. The Morgan fingerprint density at radius 1 is 1.40 bits per heavy atom. The maximum absolute atomic E-state index is 11.4. The van der Waals surface area contributed by atoms with E-state index in [-0.39, 0.29) is 11.6 Å². The molecule has 1 aliphatic carbocycles. The second-order valence-electron chi connectivity index (χ2n) is 5.21. The fraction of sp³-hybridized carbons (Fsp3) is 0.733. The minimum Gasteiger partial charge on any atom is -0.466 e. The number of ether oxygens (including phenoxy) is 2. The lowest BCUT2D eigenvalue weighted by molar-refractivity contribution is -0.143. The van der Waals surface area contributed by atoms with Crippen molar-refractivity contribution >= 4 is 17.3 Å². The normalized spacial score (nSPS) is 17.9. The van der Waals surface area contributed by atoms with E-state index in [4.69, 9.17) is 14.5 Å². The van der Waals surface area contributed by atoms with Gasteiger partial charge in [0.05, 0.1) is 18.7 Å². The molecule has 1 fully saturated rings. The van der Waals surface area contributed by atoms with Crippen LogP contribution in [0.5, 0.6) is 0 Å². The molecule has 4 nitrogen and oxygen atoms in total. The van der Waals surface area contributed by atoms with E-state index in [0.29, 0.717) is 19.4 Å². The molecule has 0 N–H and O–H groups in total. The lowest BCUT2D eigenvalue weighted by atomic mass is 9.85. The lowest BCUT2D eigenvalue weighted by Gasteiger charge is -2.34. The number of aromatic nitrogens is 1. The van der Waals surface area contributed by atoms with Gasteiger partial charge < -0.3 is 9.47 Å². The number of nitrogens with zero attached hydrogens (tertiary/aromatic N) is 1. The Kier molecular flexibility index (Phi) is 5.54. The molecular formula is C15H23NO3S. The van der Waals surface area contributed by atoms with Gasteiger partial charge in [-0.15, -0.1) is 11.3 Å². The monoisotopic (exact) mass is 297 g/mol. The van der Waals surface area contributed by atoms with Crippen LogP contribution in [0.4, 0.5) is 0 Å². The summed E-state index contributed by atoms with van der Waals surface area (Å²) in [6.45, 7) is 2.26. The third-order valence-electron chi connectivity index (χ3n) is 3.88. The predicted molar refractivity (Wildman–Crippen MR) is 78.8 cm³/mol. The van der Waals surface area contributed by atoms with E-state index in [2.05, 4.69) is 0 Å². The minimum absolute atomic E-state index is 0.152. The van der Waals surface area contributed by atoms with Gasteiger partial charge in [0.15, 0.2) is 0 Å². The van der Waals surface area contributed by atoms with Gasteiger partial charge in [-0.25, -0.2) is 4.98 Å². The molecule has 1 aromatic heterocycles. The highest BCUT2D eigenvalue weighted by Crippen LogP contribution is 2.41. The summed E-state index contributed by atoms with van der Waals surface area (Å²) in [6, 6.07) is 0. The van der Waals surface area contributed by atoms with Crippen LogP contribution in [0.3, 0.4) is 0 Å². The fourth-order valence-corrected chi connectivity index (χ4v) is 3.81. The van der Waals surface area contributed by atoms with E-state index in [1.165, 1.54) is 19.3 Å². The Morgan fingerprint density at radius 3 is 2.80 bits per heavy atom. The van der Waals surface area contributed by atoms with Crippen molar-refractivity contribution in [2.24, 2.45) is 0 Å². The topological polar surface area (TPSA) is 48.4 Å². The van der Waals surface area contributed by atoms with Crippen molar-refractivity contribution in [3.63, 3.8) is 0 Å². The second kappa shape index (κ2) is 7.18. The van der Waals surface area contributed by atoms with Crippen LogP contribution in [-0.2, 0) is 26.3 Å². The number of thiazole rings is 1. The van der Waals surface area contributed by atoms with Gasteiger partial charge in [0.2, 0.25) is 0 Å². The van der Waals surface area contributed by atoms with Crippen LogP contribution >= 0.6 is 11.3 Å². The molecule has 0 amide bonds. The largest absolute Gasteiger partial charge is 0.466 e. The summed E-state index contributed by atoms with van der Waals surface area (Å²) in [4.78, 5) is 16.1. The summed E-state index contributed by atoms with van der Waals surface area (Å²) in [5, 5.41) is 3.11. The first-order valence-corrected chi connectivity index (χ1v) is 8.24. The van der Waals surface area contributed by atoms with Crippen molar-refractivity contribution in [1.29, 1.82) is 0 Å². The molecule has 0 aromatic carbocycles. The standard InChI is InChI=1S/C15H23NO3S/c1-3-19-13(17)8-7-12-11-20-14(16-12)15(18-2)9-5-4-6-10-15/h11H,3-10H2,1-2H3. The number of methoxy groups -OCH3 is 1. The van der Waals surface area contributed by atoms with Gasteiger partial charge in [-0.1, -0.05) is 19.3 Å². The number of aryl methyl sites for hydroxylation is 1. The van der Waals surface area contributed by atoms with E-state index in [1.807, 2.05) is 12.3 Å². The molecule has 1 aliphatic rings. The Hall–Kier alpha value is -0.940. The average Bonchev–Trinajstić information content (AvgIpc) is 2.96. The summed E-state index contributed by atoms with van der Waals surface area (Å²) in [6.07, 6.45) is 6.83. The number of hydrogen-bond donors (Lipinski definition) is 0. The summed E-state index contributed by atoms with van der Waals surface area (Å²) < 4.78 is 10.7. The van der Waals surface area contributed by atoms with Crippen LogP contribution in [0.1, 0.15) is 56.2 Å². The molecule has 0 spiro atoms. The van der Waals surface area contributed by atoms with Crippen LogP contribution in [0.25, 0.3) is 0 Å². The molecule has 20 heavy (non-hydrogen) atoms. The van der Waals surface area contributed by atoms with Gasteiger partial charge in [-0.3, -0.25) is 4.79 Å². The first-order chi connectivity index (χ1) is 9.70. The van der Waals surface area contributed by atoms with Crippen molar-refractivity contribution in [3.05, 3.63) is 16.1 Å². The highest BCUT2D eigenvalue weighted by molar-refractivity contribution is 7.09. The number of carbonyl (C=O) groups excluding carboxylic acids is 1. The smallest absolute Gasteiger partial charge is 0.306 e. The van der Waals surface area contributed by atoms with Gasteiger partial charge >= 0.3 is 5.97 Å².